The van der Waals surface area contributed by atoms with E-state index in [0.29, 0.717) is 44.2 Å². The van der Waals surface area contributed by atoms with Crippen molar-refractivity contribution in [3.63, 3.8) is 0 Å². The second-order valence-electron chi connectivity index (χ2n) is 12.3. The van der Waals surface area contributed by atoms with Crippen molar-refractivity contribution in [1.82, 2.24) is 0 Å². The van der Waals surface area contributed by atoms with Gasteiger partial charge < -0.3 is 0 Å². The molecule has 0 bridgehead atoms. The van der Waals surface area contributed by atoms with Gasteiger partial charge in [0.05, 0.1) is 9.60 Å². The van der Waals surface area contributed by atoms with Crippen molar-refractivity contribution in [3.8, 4) is 33.4 Å². The van der Waals surface area contributed by atoms with Gasteiger partial charge in [-0.1, -0.05) is 158 Å². The van der Waals surface area contributed by atoms with E-state index in [1.807, 2.05) is 121 Å². The second-order valence-corrected chi connectivity index (χ2v) is 12.3. The molecule has 0 unspecified atom stereocenters. The molecule has 0 aliphatic rings. The highest BCUT2D eigenvalue weighted by Crippen LogP contribution is 2.46. The molecule has 0 fully saturated rings. The zero-order valence-corrected chi connectivity index (χ0v) is 25.8. The summed E-state index contributed by atoms with van der Waals surface area (Å²) in [5.41, 5.74) is 3.07. The lowest BCUT2D eigenvalue weighted by Crippen LogP contribution is -1.92. The Morgan fingerprint density at radius 2 is 0.771 bits per heavy atom. The van der Waals surface area contributed by atoms with Gasteiger partial charge in [-0.15, -0.1) is 0 Å². The first-order chi connectivity index (χ1) is 26.7. The van der Waals surface area contributed by atoms with Crippen molar-refractivity contribution in [2.24, 2.45) is 0 Å². The van der Waals surface area contributed by atoms with Crippen LogP contribution in [0.3, 0.4) is 0 Å². The van der Waals surface area contributed by atoms with E-state index in [2.05, 4.69) is 18.2 Å². The van der Waals surface area contributed by atoms with Gasteiger partial charge in [0, 0.05) is 0 Å². The van der Waals surface area contributed by atoms with E-state index in [1.54, 1.807) is 0 Å². The predicted octanol–water partition coefficient (Wildman–Crippen LogP) is 13.6. The van der Waals surface area contributed by atoms with Gasteiger partial charge in [0.15, 0.2) is 0 Å². The second kappa shape index (κ2) is 10.7. The lowest BCUT2D eigenvalue weighted by Gasteiger charge is -2.19. The number of hydrogen-bond acceptors (Lipinski definition) is 0. The van der Waals surface area contributed by atoms with Crippen LogP contribution in [0.25, 0.3) is 98.0 Å². The number of hydrogen-bond donors (Lipinski definition) is 0. The maximum Gasteiger partial charge on any atom is 0.0636 e. The average Bonchev–Trinajstić information content (AvgIpc) is 3.22. The zero-order valence-electron chi connectivity index (χ0n) is 32.8. The zero-order chi connectivity index (χ0) is 37.7. The third-order valence-corrected chi connectivity index (χ3v) is 9.61. The van der Waals surface area contributed by atoms with Crippen LogP contribution in [0.4, 0.5) is 0 Å². The fourth-order valence-electron chi connectivity index (χ4n) is 7.30. The summed E-state index contributed by atoms with van der Waals surface area (Å²) in [6.45, 7) is 0. The largest absolute Gasteiger partial charge is 0.0636 e. The van der Waals surface area contributed by atoms with E-state index < -0.39 is 0 Å². The molecule has 0 saturated carbocycles. The normalized spacial score (nSPS) is 13.8. The van der Waals surface area contributed by atoms with Crippen LogP contribution in [0.15, 0.2) is 182 Å². The summed E-state index contributed by atoms with van der Waals surface area (Å²) in [5, 5.41) is 9.22. The maximum atomic E-state index is 10.1. The summed E-state index contributed by atoms with van der Waals surface area (Å²) in [6, 6.07) is 44.3. The quantitative estimate of drug-likeness (QED) is 0.137. The number of rotatable bonds is 3. The monoisotopic (exact) mass is 613 g/mol. The molecule has 0 radical (unpaired) electrons. The average molecular weight is 614 g/mol. The predicted molar refractivity (Wildman–Crippen MR) is 208 cm³/mol. The minimum Gasteiger partial charge on any atom is -0.0616 e. The topological polar surface area (TPSA) is 0 Å². The lowest BCUT2D eigenvalue weighted by molar-refractivity contribution is 1.66. The number of benzene rings is 10. The molecule has 0 atom stereocenters. The van der Waals surface area contributed by atoms with Gasteiger partial charge in [-0.05, 0) is 122 Å². The third-order valence-electron chi connectivity index (χ3n) is 9.61. The molecule has 10 rings (SSSR count). The molecule has 0 aliphatic carbocycles. The summed E-state index contributed by atoms with van der Waals surface area (Å²) >= 11 is 0. The molecule has 0 spiro atoms. The van der Waals surface area contributed by atoms with E-state index in [4.69, 9.17) is 2.74 Å². The third kappa shape index (κ3) is 4.24. The van der Waals surface area contributed by atoms with Gasteiger partial charge in [-0.3, -0.25) is 0 Å². The van der Waals surface area contributed by atoms with Crippen molar-refractivity contribution >= 4 is 64.6 Å². The summed E-state index contributed by atoms with van der Waals surface area (Å²) < 4.78 is 66.1. The van der Waals surface area contributed by atoms with Gasteiger partial charge in [0.1, 0.15) is 0 Å². The molecule has 0 nitrogen and oxygen atoms in total. The molecule has 0 amide bonds. The first-order valence-corrected chi connectivity index (χ1v) is 16.1. The first kappa shape index (κ1) is 20.8. The Kier molecular flexibility index (Phi) is 4.62. The van der Waals surface area contributed by atoms with Crippen molar-refractivity contribution in [2.75, 3.05) is 0 Å². The van der Waals surface area contributed by atoms with Crippen LogP contribution in [0.1, 0.15) is 9.60 Å². The molecule has 48 heavy (non-hydrogen) atoms. The highest BCUT2D eigenvalue weighted by molar-refractivity contribution is 6.23. The molecule has 10 aromatic rings. The summed E-state index contributed by atoms with van der Waals surface area (Å²) in [5.74, 6) is 0. The van der Waals surface area contributed by atoms with Gasteiger partial charge in [-0.2, -0.15) is 0 Å². The van der Waals surface area contributed by atoms with Gasteiger partial charge in [0.25, 0.3) is 0 Å². The Morgan fingerprint density at radius 3 is 1.50 bits per heavy atom. The van der Waals surface area contributed by atoms with Crippen LogP contribution >= 0.6 is 0 Å². The summed E-state index contributed by atoms with van der Waals surface area (Å²) in [6.07, 6.45) is 0. The Labute approximate surface area is 289 Å². The maximum absolute atomic E-state index is 10.1. The molecule has 0 heterocycles. The van der Waals surface area contributed by atoms with E-state index in [-0.39, 0.29) is 53.1 Å². The van der Waals surface area contributed by atoms with Crippen LogP contribution in [0.5, 0.6) is 0 Å². The van der Waals surface area contributed by atoms with Crippen LogP contribution < -0.4 is 0 Å². The highest BCUT2D eigenvalue weighted by Gasteiger charge is 2.18. The van der Waals surface area contributed by atoms with E-state index in [0.717, 1.165) is 43.1 Å². The lowest BCUT2D eigenvalue weighted by atomic mass is 9.84. The standard InChI is InChI=1S/C48H30/c1-3-12-34-27-36(20-17-31(34)9-1)37-23-26-45-46(30-37)48(39-22-18-32-10-2-4-13-35(32)28-39)44-16-8-7-15-43(44)47(45)40-24-25-42-38(29-40)21-19-33-11-5-6-14-41(33)42/h1-30H/i7D,8D,15D,16D,23D,26D,30D. The smallest absolute Gasteiger partial charge is 0.0616 e. The Morgan fingerprint density at radius 1 is 0.292 bits per heavy atom. The molecular formula is C48H30. The van der Waals surface area contributed by atoms with Crippen molar-refractivity contribution in [3.05, 3.63) is 182 Å². The van der Waals surface area contributed by atoms with Crippen LogP contribution in [-0.2, 0) is 0 Å². The Bertz CT molecular complexity index is 3290. The van der Waals surface area contributed by atoms with Crippen LogP contribution in [0, 0.1) is 0 Å². The van der Waals surface area contributed by atoms with Gasteiger partial charge >= 0.3 is 0 Å². The Balaban J connectivity index is 1.44. The SMILES string of the molecule is [2H]c1c([2H])c([2H])c2c(-c3ccc4ccccc4c3)c3c([2H])c(-c4ccc5ccccc5c4)c([2H])c([2H])c3c(-c3ccc4c(ccc5ccccc54)c3)c2c1[2H]. The highest BCUT2D eigenvalue weighted by atomic mass is 14.2. The Hall–Kier alpha value is -6.24. The number of fused-ring (bicyclic) bond motifs is 7. The van der Waals surface area contributed by atoms with E-state index in [9.17, 15) is 6.85 Å². The first-order valence-electron chi connectivity index (χ1n) is 19.6. The van der Waals surface area contributed by atoms with Crippen molar-refractivity contribution in [1.29, 1.82) is 0 Å². The molecule has 0 heteroatoms. The fraction of sp³-hybridized carbons (Fsp3) is 0. The molecule has 0 aliphatic heterocycles. The summed E-state index contributed by atoms with van der Waals surface area (Å²) in [7, 11) is 0. The van der Waals surface area contributed by atoms with Gasteiger partial charge in [0.2, 0.25) is 0 Å². The van der Waals surface area contributed by atoms with Crippen molar-refractivity contribution < 1.29 is 9.60 Å². The van der Waals surface area contributed by atoms with Crippen LogP contribution in [-0.4, -0.2) is 0 Å². The van der Waals surface area contributed by atoms with E-state index in [1.165, 1.54) is 0 Å². The molecular weight excluding hydrogens is 577 g/mol. The molecule has 0 saturated heterocycles. The van der Waals surface area contributed by atoms with Crippen LogP contribution in [0.2, 0.25) is 0 Å². The minimum atomic E-state index is -0.383. The fourth-order valence-corrected chi connectivity index (χ4v) is 7.30. The molecule has 0 aromatic heterocycles. The molecule has 10 aromatic carbocycles. The summed E-state index contributed by atoms with van der Waals surface area (Å²) in [4.78, 5) is 0. The molecule has 222 valence electrons. The molecule has 0 N–H and O–H groups in total. The van der Waals surface area contributed by atoms with Gasteiger partial charge in [-0.25, -0.2) is 0 Å². The van der Waals surface area contributed by atoms with Crippen molar-refractivity contribution in [2.45, 2.75) is 0 Å². The minimum absolute atomic E-state index is 0.0248. The van der Waals surface area contributed by atoms with E-state index >= 15 is 0 Å².